The second-order valence-electron chi connectivity index (χ2n) is 1.78. The van der Waals surface area contributed by atoms with Gasteiger partial charge in [0.05, 0.1) is 13.2 Å². The molecule has 0 saturated carbocycles. The van der Waals surface area contributed by atoms with Crippen molar-refractivity contribution < 1.29 is 14.3 Å². The molecule has 0 radical (unpaired) electrons. The van der Waals surface area contributed by atoms with Crippen LogP contribution in [-0.2, 0) is 14.3 Å². The fourth-order valence-corrected chi connectivity index (χ4v) is 0.264. The maximum Gasteiger partial charge on any atom is 0.344 e. The molecule has 0 unspecified atom stereocenters. The van der Waals surface area contributed by atoms with Crippen LogP contribution in [0.15, 0.2) is 25.3 Å². The molecule has 0 N–H and O–H groups in total. The predicted molar refractivity (Wildman–Crippen MR) is 42.2 cm³/mol. The molecule has 1 aliphatic rings. The lowest BCUT2D eigenvalue weighted by molar-refractivity contribution is -0.117. The van der Waals surface area contributed by atoms with Crippen molar-refractivity contribution in [2.24, 2.45) is 0 Å². The lowest BCUT2D eigenvalue weighted by atomic mass is 10.6. The van der Waals surface area contributed by atoms with Crippen LogP contribution in [-0.4, -0.2) is 25.8 Å². The molecule has 11 heavy (non-hydrogen) atoms. The maximum atomic E-state index is 9.33. The number of hydrogen-bond acceptors (Lipinski definition) is 3. The van der Waals surface area contributed by atoms with Crippen molar-refractivity contribution in [2.45, 2.75) is 0 Å². The minimum absolute atomic E-state index is 0.0833. The van der Waals surface area contributed by atoms with Crippen LogP contribution in [0.4, 0.5) is 0 Å². The van der Waals surface area contributed by atoms with Gasteiger partial charge in [-0.15, -0.1) is 13.2 Å². The Morgan fingerprint density at radius 2 is 1.82 bits per heavy atom. The SMILES string of the molecule is C=CCOCC=C.O=C1CO1. The number of cyclic esters (lactones) is 1. The summed E-state index contributed by atoms with van der Waals surface area (Å²) in [6.07, 6.45) is 3.42. The third-order valence-corrected chi connectivity index (χ3v) is 0.734. The summed E-state index contributed by atoms with van der Waals surface area (Å²) in [7, 11) is 0. The second-order valence-corrected chi connectivity index (χ2v) is 1.78. The molecule has 0 aromatic heterocycles. The molecule has 0 aliphatic carbocycles. The van der Waals surface area contributed by atoms with Gasteiger partial charge in [-0.3, -0.25) is 0 Å². The number of rotatable bonds is 4. The third-order valence-electron chi connectivity index (χ3n) is 0.734. The Labute approximate surface area is 66.3 Å². The van der Waals surface area contributed by atoms with Crippen LogP contribution < -0.4 is 0 Å². The highest BCUT2D eigenvalue weighted by atomic mass is 16.6. The van der Waals surface area contributed by atoms with Gasteiger partial charge < -0.3 is 9.47 Å². The van der Waals surface area contributed by atoms with E-state index in [0.717, 1.165) is 0 Å². The zero-order valence-corrected chi connectivity index (χ0v) is 6.41. The molecule has 1 rings (SSSR count). The number of ether oxygens (including phenoxy) is 2. The van der Waals surface area contributed by atoms with Gasteiger partial charge in [0, 0.05) is 0 Å². The molecule has 0 bridgehead atoms. The summed E-state index contributed by atoms with van der Waals surface area (Å²) in [6.45, 7) is 8.53. The molecule has 0 aromatic carbocycles. The Hall–Kier alpha value is -1.09. The molecule has 1 saturated heterocycles. The first kappa shape index (κ1) is 9.91. The molecule has 62 valence electrons. The largest absolute Gasteiger partial charge is 0.451 e. The van der Waals surface area contributed by atoms with Crippen molar-refractivity contribution in [3.8, 4) is 0 Å². The van der Waals surface area contributed by atoms with E-state index in [2.05, 4.69) is 17.9 Å². The first-order valence-corrected chi connectivity index (χ1v) is 3.26. The minimum Gasteiger partial charge on any atom is -0.451 e. The standard InChI is InChI=1S/C6H10O.C2H2O2/c1-3-5-7-6-4-2;3-2-1-4-2/h3-4H,1-2,5-6H2;1H2. The van der Waals surface area contributed by atoms with Crippen molar-refractivity contribution in [3.05, 3.63) is 25.3 Å². The van der Waals surface area contributed by atoms with Gasteiger partial charge in [-0.2, -0.15) is 0 Å². The lowest BCUT2D eigenvalue weighted by Crippen LogP contribution is -1.87. The Morgan fingerprint density at radius 1 is 1.45 bits per heavy atom. The summed E-state index contributed by atoms with van der Waals surface area (Å²) in [5.41, 5.74) is 0. The van der Waals surface area contributed by atoms with Crippen molar-refractivity contribution >= 4 is 5.97 Å². The Kier molecular flexibility index (Phi) is 6.33. The van der Waals surface area contributed by atoms with Crippen molar-refractivity contribution in [1.82, 2.24) is 0 Å². The average molecular weight is 156 g/mol. The molecule has 1 heterocycles. The van der Waals surface area contributed by atoms with E-state index in [1.165, 1.54) is 0 Å². The van der Waals surface area contributed by atoms with Gasteiger partial charge in [-0.1, -0.05) is 12.2 Å². The minimum atomic E-state index is -0.0833. The number of hydrogen-bond donors (Lipinski definition) is 0. The van der Waals surface area contributed by atoms with Crippen LogP contribution in [0.1, 0.15) is 0 Å². The summed E-state index contributed by atoms with van der Waals surface area (Å²) in [5, 5.41) is 0. The van der Waals surface area contributed by atoms with Gasteiger partial charge in [0.1, 0.15) is 0 Å². The second kappa shape index (κ2) is 7.02. The monoisotopic (exact) mass is 156 g/mol. The van der Waals surface area contributed by atoms with E-state index < -0.39 is 0 Å². The number of carbonyl (C=O) groups excluding carboxylic acids is 1. The van der Waals surface area contributed by atoms with Gasteiger partial charge in [0.15, 0.2) is 6.61 Å². The highest BCUT2D eigenvalue weighted by molar-refractivity contribution is 5.82. The molecule has 3 heteroatoms. The number of epoxide rings is 1. The van der Waals surface area contributed by atoms with Crippen LogP contribution in [0.5, 0.6) is 0 Å². The maximum absolute atomic E-state index is 9.33. The highest BCUT2D eigenvalue weighted by Gasteiger charge is 2.15. The average Bonchev–Trinajstić information content (AvgIpc) is 2.75. The first-order valence-electron chi connectivity index (χ1n) is 3.26. The van der Waals surface area contributed by atoms with Crippen LogP contribution in [0.2, 0.25) is 0 Å². The van der Waals surface area contributed by atoms with E-state index in [1.54, 1.807) is 12.2 Å². The van der Waals surface area contributed by atoms with Gasteiger partial charge in [0.25, 0.3) is 0 Å². The molecule has 1 aliphatic heterocycles. The van der Waals surface area contributed by atoms with Crippen LogP contribution in [0.3, 0.4) is 0 Å². The molecule has 0 aromatic rings. The van der Waals surface area contributed by atoms with E-state index in [-0.39, 0.29) is 5.97 Å². The molecule has 0 amide bonds. The fourth-order valence-electron chi connectivity index (χ4n) is 0.264. The van der Waals surface area contributed by atoms with E-state index in [0.29, 0.717) is 19.8 Å². The molecule has 0 spiro atoms. The van der Waals surface area contributed by atoms with Gasteiger partial charge in [-0.25, -0.2) is 4.79 Å². The van der Waals surface area contributed by atoms with Crippen LogP contribution >= 0.6 is 0 Å². The smallest absolute Gasteiger partial charge is 0.344 e. The summed E-state index contributed by atoms with van der Waals surface area (Å²) in [6, 6.07) is 0. The van der Waals surface area contributed by atoms with E-state index in [9.17, 15) is 4.79 Å². The van der Waals surface area contributed by atoms with Crippen molar-refractivity contribution in [1.29, 1.82) is 0 Å². The van der Waals surface area contributed by atoms with E-state index in [4.69, 9.17) is 4.74 Å². The Balaban J connectivity index is 0.000000207. The van der Waals surface area contributed by atoms with E-state index >= 15 is 0 Å². The zero-order valence-electron chi connectivity index (χ0n) is 6.41. The molecule has 3 nitrogen and oxygen atoms in total. The van der Waals surface area contributed by atoms with E-state index in [1.807, 2.05) is 0 Å². The van der Waals surface area contributed by atoms with Gasteiger partial charge in [-0.05, 0) is 0 Å². The molecular weight excluding hydrogens is 144 g/mol. The quantitative estimate of drug-likeness (QED) is 0.345. The number of carbonyl (C=O) groups is 1. The first-order chi connectivity index (χ1) is 5.31. The van der Waals surface area contributed by atoms with Crippen molar-refractivity contribution in [3.63, 3.8) is 0 Å². The predicted octanol–water partition coefficient (Wildman–Crippen LogP) is 0.918. The molecule has 1 fully saturated rings. The fraction of sp³-hybridized carbons (Fsp3) is 0.375. The molecule has 0 atom stereocenters. The van der Waals surface area contributed by atoms with Crippen LogP contribution in [0.25, 0.3) is 0 Å². The third kappa shape index (κ3) is 12.2. The summed E-state index contributed by atoms with van der Waals surface area (Å²) >= 11 is 0. The topological polar surface area (TPSA) is 38.8 Å². The van der Waals surface area contributed by atoms with Gasteiger partial charge >= 0.3 is 5.97 Å². The highest BCUT2D eigenvalue weighted by Crippen LogP contribution is 1.90. The van der Waals surface area contributed by atoms with Crippen LogP contribution in [0, 0.1) is 0 Å². The summed E-state index contributed by atoms with van der Waals surface area (Å²) in [4.78, 5) is 9.33. The normalized spacial score (nSPS) is 12.2. The Morgan fingerprint density at radius 3 is 2.00 bits per heavy atom. The van der Waals surface area contributed by atoms with Crippen molar-refractivity contribution in [2.75, 3.05) is 19.8 Å². The summed E-state index contributed by atoms with van der Waals surface area (Å²) in [5.74, 6) is -0.0833. The molecular formula is C8H12O3. The van der Waals surface area contributed by atoms with Gasteiger partial charge in [0.2, 0.25) is 0 Å². The zero-order chi connectivity index (χ0) is 8.53. The lowest BCUT2D eigenvalue weighted by Gasteiger charge is -1.89. The Bertz CT molecular complexity index is 126. The summed E-state index contributed by atoms with van der Waals surface area (Å²) < 4.78 is 8.97.